The third-order valence-corrected chi connectivity index (χ3v) is 8.42. The normalized spacial score (nSPS) is 38.6. The van der Waals surface area contributed by atoms with Crippen molar-refractivity contribution >= 4 is 29.3 Å². The maximum Gasteiger partial charge on any atom is 0.471 e. The van der Waals surface area contributed by atoms with Gasteiger partial charge in [-0.3, -0.25) is 0 Å². The van der Waals surface area contributed by atoms with Gasteiger partial charge in [0.05, 0.1) is 11.3 Å². The van der Waals surface area contributed by atoms with Crippen LogP contribution in [0, 0.1) is 29.1 Å². The molecule has 2 aromatic heterocycles. The van der Waals surface area contributed by atoms with Crippen LogP contribution in [0.15, 0.2) is 23.6 Å². The molecule has 4 aliphatic carbocycles. The Balaban J connectivity index is 1.40. The van der Waals surface area contributed by atoms with E-state index in [0.717, 1.165) is 48.9 Å². The van der Waals surface area contributed by atoms with E-state index in [9.17, 15) is 5.11 Å². The van der Waals surface area contributed by atoms with Gasteiger partial charge in [-0.1, -0.05) is 13.8 Å². The molecule has 1 saturated heterocycles. The van der Waals surface area contributed by atoms with E-state index in [4.69, 9.17) is 14.7 Å². The zero-order valence-corrected chi connectivity index (χ0v) is 17.8. The number of nitrogens with zero attached hydrogens (tertiary/aromatic N) is 3. The van der Waals surface area contributed by atoms with E-state index < -0.39 is 5.60 Å². The summed E-state index contributed by atoms with van der Waals surface area (Å²) in [7, 11) is -0.149. The highest BCUT2D eigenvalue weighted by atomic mass is 16.5. The Bertz CT molecular complexity index is 1060. The van der Waals surface area contributed by atoms with E-state index in [2.05, 4.69) is 29.8 Å². The molecule has 6 aliphatic rings. The minimum atomic E-state index is -0.425. The molecule has 4 saturated carbocycles. The zero-order chi connectivity index (χ0) is 20.3. The Hall–Kier alpha value is -1.86. The van der Waals surface area contributed by atoms with E-state index in [1.807, 2.05) is 12.4 Å². The van der Waals surface area contributed by atoms with Gasteiger partial charge < -0.3 is 19.7 Å². The average Bonchev–Trinajstić information content (AvgIpc) is 3.14. The van der Waals surface area contributed by atoms with Crippen LogP contribution in [0.4, 0.5) is 0 Å². The van der Waals surface area contributed by atoms with Crippen molar-refractivity contribution in [2.45, 2.75) is 51.6 Å². The van der Waals surface area contributed by atoms with Crippen LogP contribution in [0.2, 0.25) is 0 Å². The molecule has 30 heavy (non-hydrogen) atoms. The van der Waals surface area contributed by atoms with Gasteiger partial charge >= 0.3 is 7.05 Å². The van der Waals surface area contributed by atoms with Gasteiger partial charge in [0.2, 0.25) is 0 Å². The summed E-state index contributed by atoms with van der Waals surface area (Å²) in [4.78, 5) is 10.2. The van der Waals surface area contributed by atoms with Crippen molar-refractivity contribution in [1.29, 1.82) is 0 Å². The molecule has 2 aliphatic heterocycles. The Morgan fingerprint density at radius 1 is 1.23 bits per heavy atom. The molecule has 2 atom stereocenters. The summed E-state index contributed by atoms with van der Waals surface area (Å²) in [6.45, 7) is 6.12. The van der Waals surface area contributed by atoms with Crippen LogP contribution in [0.25, 0.3) is 11.0 Å². The fourth-order valence-corrected chi connectivity index (χ4v) is 7.64. The van der Waals surface area contributed by atoms with E-state index in [1.165, 1.54) is 24.1 Å². The molecule has 0 aromatic carbocycles. The van der Waals surface area contributed by atoms with Crippen LogP contribution < -0.4 is 5.46 Å². The minimum Gasteiger partial charge on any atom is -0.411 e. The number of hydrogen-bond acceptors (Lipinski definition) is 5. The molecule has 156 valence electrons. The standard InChI is InChI=1S/C23H29BN4O2/c1-22(2)11-28-24(30-12-22)17-10-26-21-16(3-4-25-21)19(17)20(27-28)18-14-5-13-6-15(18)9-23(29,7-13)8-14/h3-4,10,13-15,18,29H,5-9,11-12H2,1-2H3,(H,25,26). The predicted molar refractivity (Wildman–Crippen MR) is 116 cm³/mol. The molecular weight excluding hydrogens is 375 g/mol. The second kappa shape index (κ2) is 5.68. The van der Waals surface area contributed by atoms with Crippen molar-refractivity contribution in [2.24, 2.45) is 34.2 Å². The number of nitrogens with one attached hydrogen (secondary N) is 1. The lowest BCUT2D eigenvalue weighted by Gasteiger charge is -2.58. The Morgan fingerprint density at radius 2 is 2.03 bits per heavy atom. The number of aliphatic hydroxyl groups is 1. The Kier molecular flexibility index (Phi) is 3.37. The number of fused-ring (bicyclic) bond motifs is 5. The molecule has 0 amide bonds. The van der Waals surface area contributed by atoms with E-state index in [-0.39, 0.29) is 12.5 Å². The van der Waals surface area contributed by atoms with Gasteiger partial charge in [0.1, 0.15) is 5.65 Å². The smallest absolute Gasteiger partial charge is 0.411 e. The van der Waals surface area contributed by atoms with E-state index in [0.29, 0.717) is 23.7 Å². The first-order valence-electron chi connectivity index (χ1n) is 11.5. The summed E-state index contributed by atoms with van der Waals surface area (Å²) in [5, 5.41) is 17.6. The van der Waals surface area contributed by atoms with Crippen LogP contribution in [-0.4, -0.2) is 51.5 Å². The predicted octanol–water partition coefficient (Wildman–Crippen LogP) is 2.52. The molecule has 7 heteroatoms. The first kappa shape index (κ1) is 17.8. The lowest BCUT2D eigenvalue weighted by atomic mass is 9.48. The van der Waals surface area contributed by atoms with Gasteiger partial charge in [0.25, 0.3) is 0 Å². The highest BCUT2D eigenvalue weighted by Crippen LogP contribution is 2.59. The molecule has 6 nitrogen and oxygen atoms in total. The molecule has 4 bridgehead atoms. The lowest BCUT2D eigenvalue weighted by Crippen LogP contribution is -2.63. The minimum absolute atomic E-state index is 0.0768. The summed E-state index contributed by atoms with van der Waals surface area (Å²) in [5.41, 5.74) is 4.21. The van der Waals surface area contributed by atoms with Gasteiger partial charge in [-0.25, -0.2) is 4.98 Å². The van der Waals surface area contributed by atoms with Gasteiger partial charge in [-0.05, 0) is 55.9 Å². The Morgan fingerprint density at radius 3 is 2.80 bits per heavy atom. The molecule has 8 rings (SSSR count). The van der Waals surface area contributed by atoms with Crippen LogP contribution in [-0.2, 0) is 4.65 Å². The second-order valence-electron chi connectivity index (χ2n) is 11.5. The van der Waals surface area contributed by atoms with Crippen molar-refractivity contribution in [1.82, 2.24) is 14.9 Å². The number of aromatic amines is 1. The largest absolute Gasteiger partial charge is 0.471 e. The monoisotopic (exact) mass is 404 g/mol. The third-order valence-electron chi connectivity index (χ3n) is 8.42. The summed E-state index contributed by atoms with van der Waals surface area (Å²) in [6.07, 6.45) is 9.35. The second-order valence-corrected chi connectivity index (χ2v) is 11.5. The first-order chi connectivity index (χ1) is 14.4. The lowest BCUT2D eigenvalue weighted by molar-refractivity contribution is -0.138. The number of hydrogen-bond donors (Lipinski definition) is 2. The number of hydrazone groups is 1. The van der Waals surface area contributed by atoms with Crippen molar-refractivity contribution < 1.29 is 9.76 Å². The number of H-pyrrole nitrogens is 1. The Labute approximate surface area is 177 Å². The van der Waals surface area contributed by atoms with Crippen molar-refractivity contribution in [3.63, 3.8) is 0 Å². The van der Waals surface area contributed by atoms with Crippen LogP contribution >= 0.6 is 0 Å². The number of rotatable bonds is 1. The topological polar surface area (TPSA) is 73.7 Å². The maximum absolute atomic E-state index is 11.1. The molecule has 4 heterocycles. The molecule has 2 N–H and O–H groups in total. The van der Waals surface area contributed by atoms with Crippen LogP contribution in [0.1, 0.15) is 51.5 Å². The van der Waals surface area contributed by atoms with Gasteiger partial charge in [0.15, 0.2) is 0 Å². The average molecular weight is 404 g/mol. The maximum atomic E-state index is 11.1. The molecular formula is C23H29BN4O2. The summed E-state index contributed by atoms with van der Waals surface area (Å²) >= 11 is 0. The first-order valence-corrected chi connectivity index (χ1v) is 11.5. The van der Waals surface area contributed by atoms with Crippen LogP contribution in [0.5, 0.6) is 0 Å². The number of aromatic nitrogens is 2. The SMILES string of the molecule is CC1(C)COB2c3cnc4[nH]ccc4c3C(C3C4CC5CC3CC(O)(C5)C4)=NN2C1. The van der Waals surface area contributed by atoms with Gasteiger partial charge in [-0.2, -0.15) is 5.10 Å². The molecule has 0 radical (unpaired) electrons. The van der Waals surface area contributed by atoms with Crippen molar-refractivity contribution in [3.8, 4) is 0 Å². The summed E-state index contributed by atoms with van der Waals surface area (Å²) < 4.78 is 6.35. The number of pyridine rings is 1. The fraction of sp³-hybridized carbons (Fsp3) is 0.652. The molecule has 2 aromatic rings. The van der Waals surface area contributed by atoms with Crippen molar-refractivity contribution in [2.75, 3.05) is 13.2 Å². The molecule has 5 fully saturated rings. The quantitative estimate of drug-likeness (QED) is 0.717. The fourth-order valence-electron chi connectivity index (χ4n) is 7.64. The van der Waals surface area contributed by atoms with E-state index in [1.54, 1.807) is 0 Å². The summed E-state index contributed by atoms with van der Waals surface area (Å²) in [5.74, 6) is 2.18. The molecule has 2 unspecified atom stereocenters. The molecule has 0 spiro atoms. The van der Waals surface area contributed by atoms with Crippen molar-refractivity contribution in [3.05, 3.63) is 24.0 Å². The van der Waals surface area contributed by atoms with E-state index >= 15 is 0 Å². The zero-order valence-electron chi connectivity index (χ0n) is 17.8. The van der Waals surface area contributed by atoms with Gasteiger partial charge in [-0.15, -0.1) is 0 Å². The highest BCUT2D eigenvalue weighted by Gasteiger charge is 2.57. The summed E-state index contributed by atoms with van der Waals surface area (Å²) in [6, 6.07) is 2.14. The van der Waals surface area contributed by atoms with Gasteiger partial charge in [0, 0.05) is 53.3 Å². The third kappa shape index (κ3) is 2.39. The van der Waals surface area contributed by atoms with Crippen LogP contribution in [0.3, 0.4) is 0 Å². The highest BCUT2D eigenvalue weighted by molar-refractivity contribution is 6.67.